The summed E-state index contributed by atoms with van der Waals surface area (Å²) in [5, 5.41) is 7.16. The van der Waals surface area contributed by atoms with Gasteiger partial charge in [0, 0.05) is 46.2 Å². The van der Waals surface area contributed by atoms with E-state index in [0.29, 0.717) is 0 Å². The first-order valence-electron chi connectivity index (χ1n) is 12.2. The summed E-state index contributed by atoms with van der Waals surface area (Å²) in [5.74, 6) is 2.08. The number of nitrogens with zero attached hydrogens (tertiary/aromatic N) is 3. The topological polar surface area (TPSA) is 69.2 Å². The van der Waals surface area contributed by atoms with Gasteiger partial charge < -0.3 is 20.3 Å². The second-order valence-corrected chi connectivity index (χ2v) is 9.71. The number of rotatable bonds is 6. The van der Waals surface area contributed by atoms with E-state index in [0.717, 1.165) is 69.9 Å². The van der Waals surface area contributed by atoms with Gasteiger partial charge in [-0.05, 0) is 57.6 Å². The molecule has 7 heteroatoms. The smallest absolute Gasteiger partial charge is 0.239 e. The lowest BCUT2D eigenvalue weighted by atomic mass is 9.86. The number of nitrogens with one attached hydrogen (secondary N) is 2. The number of amides is 1. The van der Waals surface area contributed by atoms with Gasteiger partial charge in [-0.3, -0.25) is 14.7 Å². The van der Waals surface area contributed by atoms with Crippen LogP contribution < -0.4 is 15.4 Å². The van der Waals surface area contributed by atoms with Crippen LogP contribution >= 0.6 is 0 Å². The van der Waals surface area contributed by atoms with Gasteiger partial charge in [-0.1, -0.05) is 18.2 Å². The first-order chi connectivity index (χ1) is 15.5. The molecule has 2 atom stereocenters. The summed E-state index contributed by atoms with van der Waals surface area (Å²) in [5.41, 5.74) is 1.18. The minimum atomic E-state index is -0.0331. The van der Waals surface area contributed by atoms with Crippen molar-refractivity contribution in [2.45, 2.75) is 69.1 Å². The molecule has 2 N–H and O–H groups in total. The number of carbonyl (C=O) groups excluding carboxylic acids is 1. The molecular weight excluding hydrogens is 402 g/mol. The average Bonchev–Trinajstić information content (AvgIpc) is 3.44. The van der Waals surface area contributed by atoms with Gasteiger partial charge in [0.2, 0.25) is 5.91 Å². The summed E-state index contributed by atoms with van der Waals surface area (Å²) in [6.07, 6.45) is 8.79. The minimum absolute atomic E-state index is 0.0331. The second kappa shape index (κ2) is 10.1. The Morgan fingerprint density at radius 2 is 2.03 bits per heavy atom. The molecule has 0 bridgehead atoms. The van der Waals surface area contributed by atoms with E-state index in [1.807, 2.05) is 21.1 Å². The number of hydrogen-bond donors (Lipinski definition) is 2. The largest absolute Gasteiger partial charge is 0.487 e. The van der Waals surface area contributed by atoms with Crippen LogP contribution in [0, 0.1) is 0 Å². The Morgan fingerprint density at radius 1 is 1.25 bits per heavy atom. The van der Waals surface area contributed by atoms with Gasteiger partial charge in [0.25, 0.3) is 0 Å². The number of likely N-dealkylation sites (tertiary alicyclic amines) is 1. The molecule has 2 heterocycles. The maximum absolute atomic E-state index is 12.4. The van der Waals surface area contributed by atoms with Crippen LogP contribution in [0.3, 0.4) is 0 Å². The van der Waals surface area contributed by atoms with Crippen molar-refractivity contribution in [2.75, 3.05) is 40.8 Å². The third-order valence-electron chi connectivity index (χ3n) is 7.25. The number of aliphatic imine (C=N–C) groups is 1. The number of fused-ring (bicyclic) bond motifs is 1. The van der Waals surface area contributed by atoms with E-state index in [9.17, 15) is 4.79 Å². The molecule has 2 fully saturated rings. The van der Waals surface area contributed by atoms with E-state index in [-0.39, 0.29) is 23.6 Å². The molecule has 1 saturated carbocycles. The number of ether oxygens (including phenoxy) is 1. The van der Waals surface area contributed by atoms with E-state index in [2.05, 4.69) is 44.8 Å². The third-order valence-corrected chi connectivity index (χ3v) is 7.25. The molecule has 1 saturated heterocycles. The molecule has 32 heavy (non-hydrogen) atoms. The predicted octanol–water partition coefficient (Wildman–Crippen LogP) is 2.93. The number of hydrogen-bond acceptors (Lipinski definition) is 4. The Labute approximate surface area is 192 Å². The average molecular weight is 442 g/mol. The van der Waals surface area contributed by atoms with Crippen LogP contribution in [0.1, 0.15) is 63.0 Å². The van der Waals surface area contributed by atoms with Crippen molar-refractivity contribution in [1.82, 2.24) is 20.4 Å². The summed E-state index contributed by atoms with van der Waals surface area (Å²) in [7, 11) is 5.53. The zero-order valence-corrected chi connectivity index (χ0v) is 19.9. The fourth-order valence-corrected chi connectivity index (χ4v) is 5.59. The Morgan fingerprint density at radius 3 is 2.78 bits per heavy atom. The number of likely N-dealkylation sites (N-methyl/N-ethyl adjacent to an activating group) is 1. The summed E-state index contributed by atoms with van der Waals surface area (Å²) in [6.45, 7) is 2.77. The molecule has 0 aromatic heterocycles. The lowest BCUT2D eigenvalue weighted by Crippen LogP contribution is -2.47. The Kier molecular flexibility index (Phi) is 7.23. The van der Waals surface area contributed by atoms with E-state index >= 15 is 0 Å². The van der Waals surface area contributed by atoms with Crippen LogP contribution in [0.2, 0.25) is 0 Å². The molecule has 1 aliphatic carbocycles. The van der Waals surface area contributed by atoms with E-state index in [1.54, 1.807) is 4.90 Å². The molecule has 2 unspecified atom stereocenters. The third kappa shape index (κ3) is 5.03. The molecule has 1 amide bonds. The fraction of sp³-hybridized carbons (Fsp3) is 0.680. The molecule has 1 aromatic rings. The quantitative estimate of drug-likeness (QED) is 0.404. The molecule has 3 aliphatic rings. The van der Waals surface area contributed by atoms with Crippen LogP contribution in [0.25, 0.3) is 0 Å². The first kappa shape index (κ1) is 22.9. The first-order valence-corrected chi connectivity index (χ1v) is 12.2. The highest BCUT2D eigenvalue weighted by atomic mass is 16.5. The summed E-state index contributed by atoms with van der Waals surface area (Å²) >= 11 is 0. The Balaban J connectivity index is 1.31. The van der Waals surface area contributed by atoms with Crippen molar-refractivity contribution in [2.24, 2.45) is 4.99 Å². The summed E-state index contributed by atoms with van der Waals surface area (Å²) in [4.78, 5) is 20.9. The number of para-hydroxylation sites is 1. The maximum atomic E-state index is 12.4. The molecule has 1 spiro atoms. The lowest BCUT2D eigenvalue weighted by molar-refractivity contribution is -0.133. The zero-order chi connectivity index (χ0) is 22.6. The van der Waals surface area contributed by atoms with Gasteiger partial charge in [-0.2, -0.15) is 0 Å². The number of carbonyl (C=O) groups is 1. The molecular formula is C25H39N5O2. The Bertz CT molecular complexity index is 818. The van der Waals surface area contributed by atoms with Crippen LogP contribution in [0.5, 0.6) is 5.75 Å². The van der Waals surface area contributed by atoms with E-state index < -0.39 is 0 Å². The van der Waals surface area contributed by atoms with Crippen LogP contribution in [-0.2, 0) is 4.79 Å². The van der Waals surface area contributed by atoms with Crippen molar-refractivity contribution >= 4 is 11.9 Å². The molecule has 0 radical (unpaired) electrons. The normalized spacial score (nSPS) is 24.8. The highest BCUT2D eigenvalue weighted by molar-refractivity contribution is 5.81. The highest BCUT2D eigenvalue weighted by Gasteiger charge is 2.43. The van der Waals surface area contributed by atoms with Crippen LogP contribution in [-0.4, -0.2) is 74.1 Å². The molecule has 2 aliphatic heterocycles. The van der Waals surface area contributed by atoms with Crippen molar-refractivity contribution in [3.05, 3.63) is 29.8 Å². The van der Waals surface area contributed by atoms with Crippen molar-refractivity contribution in [3.63, 3.8) is 0 Å². The zero-order valence-electron chi connectivity index (χ0n) is 19.9. The summed E-state index contributed by atoms with van der Waals surface area (Å²) in [6, 6.07) is 8.65. The Hall–Kier alpha value is -2.28. The van der Waals surface area contributed by atoms with Gasteiger partial charge in [0.05, 0.1) is 12.1 Å². The van der Waals surface area contributed by atoms with Gasteiger partial charge in [-0.15, -0.1) is 0 Å². The van der Waals surface area contributed by atoms with E-state index in [1.165, 1.54) is 18.4 Å². The standard InChI is InChI=1S/C25H39N5O2/c1-26-24(27-15-9-17-30-16-8-11-21(30)23(31)29(2)3)28-20-18-25(13-6-7-14-25)32-22-12-5-4-10-19(20)22/h4-5,10,12,20-21H,6-9,11,13-18H2,1-3H3,(H2,26,27,28). The van der Waals surface area contributed by atoms with Gasteiger partial charge in [-0.25, -0.2) is 0 Å². The maximum Gasteiger partial charge on any atom is 0.239 e. The number of guanidine groups is 1. The monoisotopic (exact) mass is 441 g/mol. The van der Waals surface area contributed by atoms with Gasteiger partial charge in [0.15, 0.2) is 5.96 Å². The lowest BCUT2D eigenvalue weighted by Gasteiger charge is -2.40. The highest BCUT2D eigenvalue weighted by Crippen LogP contribution is 2.46. The predicted molar refractivity (Wildman–Crippen MR) is 128 cm³/mol. The fourth-order valence-electron chi connectivity index (χ4n) is 5.59. The molecule has 4 rings (SSSR count). The van der Waals surface area contributed by atoms with Crippen molar-refractivity contribution in [1.29, 1.82) is 0 Å². The molecule has 1 aromatic carbocycles. The van der Waals surface area contributed by atoms with Gasteiger partial charge in [0.1, 0.15) is 11.4 Å². The minimum Gasteiger partial charge on any atom is -0.487 e. The summed E-state index contributed by atoms with van der Waals surface area (Å²) < 4.78 is 6.49. The van der Waals surface area contributed by atoms with Crippen molar-refractivity contribution in [3.8, 4) is 5.75 Å². The van der Waals surface area contributed by atoms with Gasteiger partial charge >= 0.3 is 0 Å². The number of benzene rings is 1. The van der Waals surface area contributed by atoms with Crippen LogP contribution in [0.15, 0.2) is 29.3 Å². The second-order valence-electron chi connectivity index (χ2n) is 9.71. The van der Waals surface area contributed by atoms with E-state index in [4.69, 9.17) is 4.74 Å². The molecule has 7 nitrogen and oxygen atoms in total. The SMILES string of the molecule is CN=C(NCCCN1CCCC1C(=O)N(C)C)NC1CC2(CCCC2)Oc2ccccc21. The van der Waals surface area contributed by atoms with Crippen LogP contribution in [0.4, 0.5) is 0 Å². The molecule has 176 valence electrons. The van der Waals surface area contributed by atoms with Crippen molar-refractivity contribution < 1.29 is 9.53 Å².